The first-order valence-electron chi connectivity index (χ1n) is 13.5. The quantitative estimate of drug-likeness (QED) is 0.378. The van der Waals surface area contributed by atoms with E-state index in [-0.39, 0.29) is 21.7 Å². The molecule has 2 rings (SSSR count). The van der Waals surface area contributed by atoms with E-state index >= 15 is 0 Å². The molecule has 0 saturated carbocycles. The van der Waals surface area contributed by atoms with Crippen molar-refractivity contribution in [2.45, 2.75) is 110 Å². The van der Waals surface area contributed by atoms with Gasteiger partial charge in [0.05, 0.1) is 25.2 Å². The lowest BCUT2D eigenvalue weighted by molar-refractivity contribution is -0.136. The first-order chi connectivity index (χ1) is 16.6. The first kappa shape index (κ1) is 31.5. The van der Waals surface area contributed by atoms with Gasteiger partial charge in [0.15, 0.2) is 0 Å². The van der Waals surface area contributed by atoms with E-state index in [0.717, 1.165) is 11.1 Å². The summed E-state index contributed by atoms with van der Waals surface area (Å²) in [7, 11) is 0. The highest BCUT2D eigenvalue weighted by Crippen LogP contribution is 2.48. The fourth-order valence-corrected chi connectivity index (χ4v) is 5.36. The summed E-state index contributed by atoms with van der Waals surface area (Å²) in [5.74, 6) is 0. The average Bonchev–Trinajstić information content (AvgIpc) is 2.77. The van der Waals surface area contributed by atoms with Gasteiger partial charge < -0.3 is 20.4 Å². The molecular weight excluding hydrogens is 460 g/mol. The van der Waals surface area contributed by atoms with Crippen LogP contribution in [0.1, 0.15) is 116 Å². The molecule has 0 aliphatic rings. The molecule has 2 aromatic carbocycles. The number of hydrogen-bond donors (Lipinski definition) is 4. The highest BCUT2D eigenvalue weighted by Gasteiger charge is 2.53. The highest BCUT2D eigenvalue weighted by molar-refractivity contribution is 5.50. The molecule has 0 spiro atoms. The van der Waals surface area contributed by atoms with Gasteiger partial charge in [0.1, 0.15) is 5.60 Å². The Kier molecular flexibility index (Phi) is 8.61. The molecule has 0 bridgehead atoms. The molecule has 0 unspecified atom stereocenters. The molecule has 0 amide bonds. The molecule has 0 saturated heterocycles. The molecule has 0 radical (unpaired) electrons. The zero-order valence-electron chi connectivity index (χ0n) is 25.4. The third kappa shape index (κ3) is 5.83. The second-order valence-electron chi connectivity index (χ2n) is 15.0. The molecule has 4 nitrogen and oxygen atoms in total. The number of aliphatic hydroxyl groups excluding tert-OH is 3. The molecule has 2 aromatic rings. The molecule has 0 aliphatic carbocycles. The van der Waals surface area contributed by atoms with E-state index in [9.17, 15) is 20.4 Å². The molecule has 0 atom stereocenters. The van der Waals surface area contributed by atoms with E-state index < -0.39 is 30.8 Å². The Balaban J connectivity index is 3.08. The van der Waals surface area contributed by atoms with Crippen molar-refractivity contribution in [2.24, 2.45) is 5.41 Å². The molecule has 0 fully saturated rings. The Morgan fingerprint density at radius 3 is 0.946 bits per heavy atom. The molecule has 4 heteroatoms. The summed E-state index contributed by atoms with van der Waals surface area (Å²) in [4.78, 5) is 0. The van der Waals surface area contributed by atoms with Crippen LogP contribution in [0.4, 0.5) is 0 Å². The Labute approximate surface area is 225 Å². The summed E-state index contributed by atoms with van der Waals surface area (Å²) in [6.07, 6.45) is 0. The fraction of sp³-hybridized carbons (Fsp3) is 0.636. The number of benzene rings is 2. The van der Waals surface area contributed by atoms with Crippen LogP contribution in [-0.2, 0) is 27.3 Å². The predicted octanol–water partition coefficient (Wildman–Crippen LogP) is 6.08. The fourth-order valence-electron chi connectivity index (χ4n) is 5.36. The number of rotatable bonds is 6. The monoisotopic (exact) mass is 512 g/mol. The van der Waals surface area contributed by atoms with Gasteiger partial charge >= 0.3 is 0 Å². The van der Waals surface area contributed by atoms with Crippen LogP contribution in [0.25, 0.3) is 0 Å². The van der Waals surface area contributed by atoms with E-state index in [1.807, 2.05) is 36.4 Å². The maximum atomic E-state index is 12.8. The van der Waals surface area contributed by atoms with Gasteiger partial charge in [-0.2, -0.15) is 0 Å². The van der Waals surface area contributed by atoms with Gasteiger partial charge in [-0.25, -0.2) is 0 Å². The molecule has 0 aromatic heterocycles. The maximum Gasteiger partial charge on any atom is 0.127 e. The minimum Gasteiger partial charge on any atom is -0.395 e. The minimum atomic E-state index is -1.85. The highest BCUT2D eigenvalue weighted by atomic mass is 16.3. The van der Waals surface area contributed by atoms with Crippen LogP contribution >= 0.6 is 0 Å². The standard InChI is InChI=1S/C33H52O4/c1-28(2,3)24-15-13-22(17-26(24)30(7,8)9)33(37,32(19-34,20-35)21-36)23-14-16-25(29(4,5)6)27(18-23)31(10,11)12/h13-18,34-37H,19-21H2,1-12H3. The van der Waals surface area contributed by atoms with Crippen molar-refractivity contribution in [1.29, 1.82) is 0 Å². The van der Waals surface area contributed by atoms with E-state index in [1.165, 1.54) is 11.1 Å². The smallest absolute Gasteiger partial charge is 0.127 e. The molecule has 0 aliphatic heterocycles. The zero-order chi connectivity index (χ0) is 28.8. The van der Waals surface area contributed by atoms with E-state index in [2.05, 4.69) is 83.1 Å². The summed E-state index contributed by atoms with van der Waals surface area (Å²) in [6, 6.07) is 11.9. The van der Waals surface area contributed by atoms with Gasteiger partial charge in [-0.05, 0) is 55.0 Å². The molecule has 4 N–H and O–H groups in total. The van der Waals surface area contributed by atoms with Crippen molar-refractivity contribution in [3.63, 3.8) is 0 Å². The third-order valence-electron chi connectivity index (χ3n) is 7.78. The lowest BCUT2D eigenvalue weighted by Crippen LogP contribution is -2.54. The predicted molar refractivity (Wildman–Crippen MR) is 154 cm³/mol. The van der Waals surface area contributed by atoms with Gasteiger partial charge in [-0.15, -0.1) is 0 Å². The van der Waals surface area contributed by atoms with Crippen LogP contribution in [0.3, 0.4) is 0 Å². The largest absolute Gasteiger partial charge is 0.395 e. The average molecular weight is 513 g/mol. The Bertz CT molecular complexity index is 997. The summed E-state index contributed by atoms with van der Waals surface area (Å²) in [5.41, 5.74) is 1.49. The van der Waals surface area contributed by atoms with Crippen LogP contribution in [0, 0.1) is 5.41 Å². The second-order valence-corrected chi connectivity index (χ2v) is 15.0. The third-order valence-corrected chi connectivity index (χ3v) is 7.78. The van der Waals surface area contributed by atoms with Crippen molar-refractivity contribution in [1.82, 2.24) is 0 Å². The van der Waals surface area contributed by atoms with Crippen LogP contribution < -0.4 is 0 Å². The van der Waals surface area contributed by atoms with Gasteiger partial charge in [0, 0.05) is 0 Å². The van der Waals surface area contributed by atoms with Crippen molar-refractivity contribution >= 4 is 0 Å². The van der Waals surface area contributed by atoms with Crippen molar-refractivity contribution < 1.29 is 20.4 Å². The summed E-state index contributed by atoms with van der Waals surface area (Å²) >= 11 is 0. The SMILES string of the molecule is CC(C)(C)c1ccc(C(O)(c2ccc(C(C)(C)C)c(C(C)(C)C)c2)C(CO)(CO)CO)cc1C(C)(C)C. The lowest BCUT2D eigenvalue weighted by Gasteiger charge is -2.46. The second kappa shape index (κ2) is 10.1. The summed E-state index contributed by atoms with van der Waals surface area (Å²) in [5, 5.41) is 44.5. The van der Waals surface area contributed by atoms with Crippen LogP contribution in [0.15, 0.2) is 36.4 Å². The van der Waals surface area contributed by atoms with Gasteiger partial charge in [0.25, 0.3) is 0 Å². The topological polar surface area (TPSA) is 80.9 Å². The minimum absolute atomic E-state index is 0.116. The summed E-state index contributed by atoms with van der Waals surface area (Å²) in [6.45, 7) is 24.1. The Hall–Kier alpha value is -1.72. The van der Waals surface area contributed by atoms with Crippen LogP contribution in [-0.4, -0.2) is 40.2 Å². The molecule has 208 valence electrons. The van der Waals surface area contributed by atoms with Crippen LogP contribution in [0.5, 0.6) is 0 Å². The van der Waals surface area contributed by atoms with E-state index in [4.69, 9.17) is 0 Å². The van der Waals surface area contributed by atoms with Crippen LogP contribution in [0.2, 0.25) is 0 Å². The first-order valence-corrected chi connectivity index (χ1v) is 13.5. The van der Waals surface area contributed by atoms with Gasteiger partial charge in [0.2, 0.25) is 0 Å². The maximum absolute atomic E-state index is 12.8. The normalized spacial score (nSPS) is 14.3. The Morgan fingerprint density at radius 1 is 0.459 bits per heavy atom. The zero-order valence-corrected chi connectivity index (χ0v) is 25.4. The van der Waals surface area contributed by atoms with E-state index in [0.29, 0.717) is 11.1 Å². The lowest BCUT2D eigenvalue weighted by atomic mass is 9.63. The van der Waals surface area contributed by atoms with E-state index in [1.54, 1.807) is 0 Å². The van der Waals surface area contributed by atoms with Gasteiger partial charge in [-0.1, -0.05) is 119 Å². The van der Waals surface area contributed by atoms with Crippen molar-refractivity contribution in [3.05, 3.63) is 69.8 Å². The molecular formula is C33H52O4. The molecule has 37 heavy (non-hydrogen) atoms. The van der Waals surface area contributed by atoms with Crippen molar-refractivity contribution in [3.8, 4) is 0 Å². The number of aliphatic hydroxyl groups is 4. The van der Waals surface area contributed by atoms with Crippen molar-refractivity contribution in [2.75, 3.05) is 19.8 Å². The number of hydrogen-bond acceptors (Lipinski definition) is 4. The van der Waals surface area contributed by atoms with Gasteiger partial charge in [-0.3, -0.25) is 0 Å². The Morgan fingerprint density at radius 2 is 0.730 bits per heavy atom. The molecule has 0 heterocycles. The summed E-state index contributed by atoms with van der Waals surface area (Å²) < 4.78 is 0.